The first kappa shape index (κ1) is 31.3. The summed E-state index contributed by atoms with van der Waals surface area (Å²) in [6.07, 6.45) is 1.52. The molecule has 5 rings (SSSR count). The van der Waals surface area contributed by atoms with Crippen molar-refractivity contribution in [3.05, 3.63) is 95.7 Å². The molecule has 2 heterocycles. The molecule has 4 aromatic rings. The van der Waals surface area contributed by atoms with E-state index in [2.05, 4.69) is 36.7 Å². The molecule has 3 aromatic carbocycles. The summed E-state index contributed by atoms with van der Waals surface area (Å²) < 4.78 is 34.9. The highest BCUT2D eigenvalue weighted by atomic mass is 32.2. The molecule has 0 aliphatic carbocycles. The molecule has 1 saturated heterocycles. The van der Waals surface area contributed by atoms with E-state index in [9.17, 15) is 13.2 Å². The minimum absolute atomic E-state index is 0.0375. The number of nitrogens with one attached hydrogen (secondary N) is 3. The summed E-state index contributed by atoms with van der Waals surface area (Å²) in [6, 6.07) is 23.1. The number of benzene rings is 3. The van der Waals surface area contributed by atoms with Crippen molar-refractivity contribution in [3.8, 4) is 11.4 Å². The van der Waals surface area contributed by atoms with Crippen molar-refractivity contribution in [2.45, 2.75) is 56.1 Å². The number of aryl methyl sites for hydroxylation is 1. The Bertz CT molecular complexity index is 1680. The predicted molar refractivity (Wildman–Crippen MR) is 175 cm³/mol. The number of carbonyl (C=O) groups excluding carboxylic acids is 1. The third kappa shape index (κ3) is 6.97. The van der Waals surface area contributed by atoms with E-state index in [-0.39, 0.29) is 16.2 Å². The highest BCUT2D eigenvalue weighted by molar-refractivity contribution is 7.91. The van der Waals surface area contributed by atoms with Gasteiger partial charge in [-0.1, -0.05) is 50.6 Å². The third-order valence-corrected chi connectivity index (χ3v) is 10.3. The van der Waals surface area contributed by atoms with E-state index in [0.717, 1.165) is 42.9 Å². The second-order valence-corrected chi connectivity index (χ2v) is 14.4. The lowest BCUT2D eigenvalue weighted by Crippen LogP contribution is -2.33. The molecule has 0 spiro atoms. The number of urea groups is 1. The van der Waals surface area contributed by atoms with Crippen molar-refractivity contribution in [3.63, 3.8) is 0 Å². The minimum Gasteiger partial charge on any atom is -0.497 e. The molecule has 9 nitrogen and oxygen atoms in total. The number of nitrogens with zero attached hydrogens (tertiary/aromatic N) is 2. The molecule has 1 aromatic heterocycles. The molecule has 0 bridgehead atoms. The van der Waals surface area contributed by atoms with Crippen LogP contribution >= 0.6 is 0 Å². The molecular weight excluding hydrogens is 574 g/mol. The summed E-state index contributed by atoms with van der Waals surface area (Å²) in [5.74, 6) is 1.11. The number of amides is 2. The van der Waals surface area contributed by atoms with Crippen LogP contribution in [0, 0.1) is 12.8 Å². The van der Waals surface area contributed by atoms with Crippen LogP contribution in [-0.2, 0) is 15.3 Å². The van der Waals surface area contributed by atoms with Gasteiger partial charge < -0.3 is 15.4 Å². The quantitative estimate of drug-likeness (QED) is 0.205. The Morgan fingerprint density at radius 3 is 2.18 bits per heavy atom. The van der Waals surface area contributed by atoms with Crippen LogP contribution in [0.15, 0.2) is 83.8 Å². The fourth-order valence-corrected chi connectivity index (χ4v) is 7.62. The van der Waals surface area contributed by atoms with Gasteiger partial charge in [0.1, 0.15) is 11.6 Å². The molecule has 0 saturated carbocycles. The molecule has 44 heavy (non-hydrogen) atoms. The lowest BCUT2D eigenvalue weighted by atomic mass is 9.90. The fraction of sp³-hybridized carbons (Fsp3) is 0.353. The smallest absolute Gasteiger partial charge is 0.324 e. The molecule has 232 valence electrons. The topological polar surface area (TPSA) is 114 Å². The monoisotopic (exact) mass is 615 g/mol. The maximum Gasteiger partial charge on any atom is 0.324 e. The Morgan fingerprint density at radius 1 is 0.955 bits per heavy atom. The molecule has 0 radical (unpaired) electrons. The number of anilines is 2. The van der Waals surface area contributed by atoms with Crippen LogP contribution < -0.4 is 20.7 Å². The largest absolute Gasteiger partial charge is 0.497 e. The van der Waals surface area contributed by atoms with Crippen LogP contribution in [0.4, 0.5) is 16.3 Å². The summed E-state index contributed by atoms with van der Waals surface area (Å²) in [5, 5.41) is 13.2. The molecule has 1 unspecified atom stereocenters. The number of ether oxygens (including phenoxy) is 1. The maximum atomic E-state index is 14.0. The van der Waals surface area contributed by atoms with E-state index >= 15 is 0 Å². The Kier molecular flexibility index (Phi) is 9.12. The third-order valence-electron chi connectivity index (χ3n) is 8.03. The SMILES string of the molecule is COc1ccc(S(=O)(=O)C(c2ccc(NC(=O)Nc3cc(C(C)(C)C)nn3-c3ccc(C)cc3)cc2)C2CCNCC2)cc1. The second kappa shape index (κ2) is 12.8. The van der Waals surface area contributed by atoms with Crippen LogP contribution in [0.1, 0.15) is 55.7 Å². The van der Waals surface area contributed by atoms with Gasteiger partial charge in [0.25, 0.3) is 0 Å². The summed E-state index contributed by atoms with van der Waals surface area (Å²) in [6.45, 7) is 9.79. The van der Waals surface area contributed by atoms with Gasteiger partial charge >= 0.3 is 6.03 Å². The zero-order valence-corrected chi connectivity index (χ0v) is 26.7. The van der Waals surface area contributed by atoms with Gasteiger partial charge in [-0.2, -0.15) is 5.10 Å². The average Bonchev–Trinajstić information content (AvgIpc) is 3.43. The zero-order valence-electron chi connectivity index (χ0n) is 25.9. The first-order chi connectivity index (χ1) is 21.0. The Labute approximate surface area is 259 Å². The average molecular weight is 616 g/mol. The molecule has 10 heteroatoms. The Hall–Kier alpha value is -4.15. The van der Waals surface area contributed by atoms with Gasteiger partial charge in [-0.3, -0.25) is 5.32 Å². The summed E-state index contributed by atoms with van der Waals surface area (Å²) in [7, 11) is -2.14. The number of carbonyl (C=O) groups is 1. The molecule has 1 aliphatic heterocycles. The van der Waals surface area contributed by atoms with Crippen LogP contribution in [0.5, 0.6) is 5.75 Å². The molecule has 1 atom stereocenters. The van der Waals surface area contributed by atoms with Crippen LogP contribution in [0.2, 0.25) is 0 Å². The highest BCUT2D eigenvalue weighted by Crippen LogP contribution is 2.40. The Balaban J connectivity index is 1.37. The van der Waals surface area contributed by atoms with Gasteiger partial charge in [0.2, 0.25) is 0 Å². The minimum atomic E-state index is -3.69. The van der Waals surface area contributed by atoms with Gasteiger partial charge in [-0.25, -0.2) is 17.9 Å². The van der Waals surface area contributed by atoms with Crippen molar-refractivity contribution in [1.29, 1.82) is 0 Å². The molecule has 2 amide bonds. The summed E-state index contributed by atoms with van der Waals surface area (Å²) in [4.78, 5) is 13.4. The van der Waals surface area contributed by atoms with E-state index in [0.29, 0.717) is 22.8 Å². The number of sulfone groups is 1. The summed E-state index contributed by atoms with van der Waals surface area (Å²) >= 11 is 0. The number of rotatable bonds is 8. The van der Waals surface area contributed by atoms with Crippen LogP contribution in [-0.4, -0.2) is 44.4 Å². The number of hydrogen-bond donors (Lipinski definition) is 3. The van der Waals surface area contributed by atoms with Crippen LogP contribution in [0.3, 0.4) is 0 Å². The first-order valence-electron chi connectivity index (χ1n) is 14.9. The van der Waals surface area contributed by atoms with Crippen molar-refractivity contribution < 1.29 is 17.9 Å². The lowest BCUT2D eigenvalue weighted by molar-refractivity contribution is 0.262. The van der Waals surface area contributed by atoms with E-state index in [1.54, 1.807) is 60.3 Å². The maximum absolute atomic E-state index is 14.0. The summed E-state index contributed by atoms with van der Waals surface area (Å²) in [5.41, 5.74) is 3.86. The van der Waals surface area contributed by atoms with Gasteiger partial charge in [-0.05, 0) is 92.9 Å². The van der Waals surface area contributed by atoms with Crippen molar-refractivity contribution >= 4 is 27.4 Å². The normalized spacial score (nSPS) is 15.0. The van der Waals surface area contributed by atoms with E-state index in [1.807, 2.05) is 37.3 Å². The molecule has 3 N–H and O–H groups in total. The molecule has 1 aliphatic rings. The number of methoxy groups -OCH3 is 1. The Morgan fingerprint density at radius 2 is 1.59 bits per heavy atom. The van der Waals surface area contributed by atoms with E-state index < -0.39 is 21.1 Å². The van der Waals surface area contributed by atoms with Gasteiger partial charge in [0, 0.05) is 17.2 Å². The lowest BCUT2D eigenvalue weighted by Gasteiger charge is -2.31. The van der Waals surface area contributed by atoms with Gasteiger partial charge in [-0.15, -0.1) is 0 Å². The number of hydrogen-bond acceptors (Lipinski definition) is 6. The molecule has 1 fully saturated rings. The van der Waals surface area contributed by atoms with Crippen molar-refractivity contribution in [1.82, 2.24) is 15.1 Å². The fourth-order valence-electron chi connectivity index (χ4n) is 5.52. The van der Waals surface area contributed by atoms with Crippen LogP contribution in [0.25, 0.3) is 5.69 Å². The van der Waals surface area contributed by atoms with Gasteiger partial charge in [0.05, 0.1) is 28.6 Å². The zero-order chi connectivity index (χ0) is 31.5. The number of aromatic nitrogens is 2. The van der Waals surface area contributed by atoms with E-state index in [1.165, 1.54) is 0 Å². The predicted octanol–water partition coefficient (Wildman–Crippen LogP) is 6.65. The van der Waals surface area contributed by atoms with Crippen molar-refractivity contribution in [2.24, 2.45) is 5.92 Å². The number of piperidine rings is 1. The standard InChI is InChI=1S/C34H41N5O4S/c1-23-6-12-27(13-7-23)39-31(22-30(38-39)34(2,3)4)37-33(40)36-26-10-8-24(9-11-26)32(25-18-20-35-21-19-25)44(41,42)29-16-14-28(43-5)15-17-29/h6-17,22,25,32,35H,18-21H2,1-5H3,(H2,36,37,40). The second-order valence-electron chi connectivity index (χ2n) is 12.3. The molecular formula is C34H41N5O4S. The van der Waals surface area contributed by atoms with E-state index in [4.69, 9.17) is 9.84 Å². The first-order valence-corrected chi connectivity index (χ1v) is 16.4. The van der Waals surface area contributed by atoms with Crippen molar-refractivity contribution in [2.75, 3.05) is 30.8 Å². The highest BCUT2D eigenvalue weighted by Gasteiger charge is 2.36. The van der Waals surface area contributed by atoms with Gasteiger partial charge in [0.15, 0.2) is 9.84 Å².